The number of esters is 1. The molecule has 6 nitrogen and oxygen atoms in total. The number of amides is 2. The van der Waals surface area contributed by atoms with Crippen LogP contribution in [0.2, 0.25) is 0 Å². The lowest BCUT2D eigenvalue weighted by Crippen LogP contribution is -2.36. The van der Waals surface area contributed by atoms with E-state index in [1.54, 1.807) is 24.3 Å². The summed E-state index contributed by atoms with van der Waals surface area (Å²) in [5.74, 6) is -1.38. The molecular weight excluding hydrogens is 424 g/mol. The van der Waals surface area contributed by atoms with E-state index in [0.717, 1.165) is 54.1 Å². The summed E-state index contributed by atoms with van der Waals surface area (Å²) in [5.41, 5.74) is 2.00. The number of imide groups is 1. The van der Waals surface area contributed by atoms with Crippen molar-refractivity contribution in [3.8, 4) is 0 Å². The number of benzene rings is 2. The molecular formula is C25H26N2O4S. The molecule has 2 aliphatic heterocycles. The number of ether oxygens (including phenoxy) is 1. The van der Waals surface area contributed by atoms with Gasteiger partial charge in [-0.25, -0.2) is 9.69 Å². The van der Waals surface area contributed by atoms with Crippen LogP contribution in [0.15, 0.2) is 64.0 Å². The van der Waals surface area contributed by atoms with Gasteiger partial charge in [0.2, 0.25) is 0 Å². The third kappa shape index (κ3) is 4.30. The Balaban J connectivity index is 1.78. The average molecular weight is 451 g/mol. The first-order chi connectivity index (χ1) is 15.5. The highest BCUT2D eigenvalue weighted by Crippen LogP contribution is 2.40. The van der Waals surface area contributed by atoms with E-state index in [9.17, 15) is 14.4 Å². The number of hydrogen-bond acceptors (Lipinski definition) is 6. The Labute approximate surface area is 192 Å². The van der Waals surface area contributed by atoms with Crippen LogP contribution in [0.25, 0.3) is 0 Å². The SMILES string of the molecule is COC(=O)c1ccccc1N1C(=O)C(Sc2ccc(C)cc2)=C(N2CCCCCC2)C1=O. The minimum atomic E-state index is -0.586. The zero-order chi connectivity index (χ0) is 22.7. The summed E-state index contributed by atoms with van der Waals surface area (Å²) in [6.07, 6.45) is 4.18. The Morgan fingerprint density at radius 3 is 2.22 bits per heavy atom. The van der Waals surface area contributed by atoms with Gasteiger partial charge in [-0.05, 0) is 44.0 Å². The van der Waals surface area contributed by atoms with Crippen molar-refractivity contribution in [1.82, 2.24) is 4.90 Å². The van der Waals surface area contributed by atoms with Crippen LogP contribution in [0, 0.1) is 6.92 Å². The third-order valence-corrected chi connectivity index (χ3v) is 6.81. The normalized spacial score (nSPS) is 17.1. The van der Waals surface area contributed by atoms with Crippen molar-refractivity contribution in [3.63, 3.8) is 0 Å². The Morgan fingerprint density at radius 2 is 1.56 bits per heavy atom. The molecule has 2 amide bonds. The summed E-state index contributed by atoms with van der Waals surface area (Å²) >= 11 is 1.31. The van der Waals surface area contributed by atoms with Crippen LogP contribution < -0.4 is 4.90 Å². The molecule has 0 atom stereocenters. The van der Waals surface area contributed by atoms with Gasteiger partial charge < -0.3 is 9.64 Å². The van der Waals surface area contributed by atoms with Crippen LogP contribution >= 0.6 is 11.8 Å². The van der Waals surface area contributed by atoms with Crippen molar-refractivity contribution < 1.29 is 19.1 Å². The second-order valence-electron chi connectivity index (χ2n) is 7.95. The average Bonchev–Trinajstić information content (AvgIpc) is 2.98. The van der Waals surface area contributed by atoms with Crippen LogP contribution in [0.4, 0.5) is 5.69 Å². The molecule has 0 bridgehead atoms. The number of nitrogens with zero attached hydrogens (tertiary/aromatic N) is 2. The predicted octanol–water partition coefficient (Wildman–Crippen LogP) is 4.53. The maximum Gasteiger partial charge on any atom is 0.339 e. The van der Waals surface area contributed by atoms with E-state index in [0.29, 0.717) is 10.6 Å². The molecule has 2 aromatic rings. The number of aryl methyl sites for hydroxylation is 1. The minimum Gasteiger partial charge on any atom is -0.465 e. The summed E-state index contributed by atoms with van der Waals surface area (Å²) in [5, 5.41) is 0. The number of likely N-dealkylation sites (tertiary alicyclic amines) is 1. The van der Waals surface area contributed by atoms with Gasteiger partial charge >= 0.3 is 5.97 Å². The van der Waals surface area contributed by atoms with Crippen LogP contribution in [-0.4, -0.2) is 42.9 Å². The number of methoxy groups -OCH3 is 1. The molecule has 2 heterocycles. The lowest BCUT2D eigenvalue weighted by Gasteiger charge is -2.24. The lowest BCUT2D eigenvalue weighted by molar-refractivity contribution is -0.121. The van der Waals surface area contributed by atoms with E-state index in [-0.39, 0.29) is 17.2 Å². The first-order valence-corrected chi connectivity index (χ1v) is 11.6. The number of anilines is 1. The summed E-state index contributed by atoms with van der Waals surface area (Å²) in [4.78, 5) is 44.1. The Hall–Kier alpha value is -3.06. The van der Waals surface area contributed by atoms with E-state index in [1.165, 1.54) is 18.9 Å². The van der Waals surface area contributed by atoms with Crippen molar-refractivity contribution in [3.05, 3.63) is 70.3 Å². The van der Waals surface area contributed by atoms with Gasteiger partial charge in [-0.3, -0.25) is 9.59 Å². The van der Waals surface area contributed by atoms with Gasteiger partial charge in [0.25, 0.3) is 11.8 Å². The molecule has 0 aliphatic carbocycles. The molecule has 0 N–H and O–H groups in total. The van der Waals surface area contributed by atoms with Crippen LogP contribution in [0.5, 0.6) is 0 Å². The Bertz CT molecular complexity index is 1070. The van der Waals surface area contributed by atoms with Crippen molar-refractivity contribution in [2.45, 2.75) is 37.5 Å². The molecule has 0 spiro atoms. The monoisotopic (exact) mass is 450 g/mol. The lowest BCUT2D eigenvalue weighted by atomic mass is 10.1. The molecule has 0 unspecified atom stereocenters. The topological polar surface area (TPSA) is 66.9 Å². The van der Waals surface area contributed by atoms with Crippen LogP contribution in [0.3, 0.4) is 0 Å². The number of thioether (sulfide) groups is 1. The maximum atomic E-state index is 13.7. The largest absolute Gasteiger partial charge is 0.465 e. The highest BCUT2D eigenvalue weighted by molar-refractivity contribution is 8.04. The fourth-order valence-corrected chi connectivity index (χ4v) is 5.06. The smallest absolute Gasteiger partial charge is 0.339 e. The van der Waals surface area contributed by atoms with Gasteiger partial charge in [0.05, 0.1) is 18.4 Å². The second-order valence-corrected chi connectivity index (χ2v) is 9.03. The van der Waals surface area contributed by atoms with Gasteiger partial charge in [0.1, 0.15) is 10.6 Å². The van der Waals surface area contributed by atoms with E-state index < -0.39 is 11.9 Å². The molecule has 2 aromatic carbocycles. The van der Waals surface area contributed by atoms with Crippen molar-refractivity contribution in [2.24, 2.45) is 0 Å². The fourth-order valence-electron chi connectivity index (χ4n) is 4.06. The number of hydrogen-bond donors (Lipinski definition) is 0. The number of carbonyl (C=O) groups excluding carboxylic acids is 3. The Kier molecular flexibility index (Phi) is 6.65. The van der Waals surface area contributed by atoms with Gasteiger partial charge in [-0.15, -0.1) is 0 Å². The number of carbonyl (C=O) groups is 3. The van der Waals surface area contributed by atoms with E-state index >= 15 is 0 Å². The fraction of sp³-hybridized carbons (Fsp3) is 0.320. The molecule has 2 aliphatic rings. The zero-order valence-corrected chi connectivity index (χ0v) is 19.1. The van der Waals surface area contributed by atoms with Gasteiger partial charge in [-0.1, -0.05) is 54.4 Å². The maximum absolute atomic E-state index is 13.7. The number of rotatable bonds is 5. The standard InChI is InChI=1S/C25H26N2O4S/c1-17-11-13-18(14-12-17)32-22-21(26-15-7-3-4-8-16-26)23(28)27(24(22)29)20-10-6-5-9-19(20)25(30)31-2/h5-6,9-14H,3-4,7-8,15-16H2,1-2H3. The molecule has 32 heavy (non-hydrogen) atoms. The van der Waals surface area contributed by atoms with Crippen molar-refractivity contribution >= 4 is 35.2 Å². The quantitative estimate of drug-likeness (QED) is 0.492. The van der Waals surface area contributed by atoms with E-state index in [2.05, 4.69) is 0 Å². The summed E-state index contributed by atoms with van der Waals surface area (Å²) in [7, 11) is 1.28. The van der Waals surface area contributed by atoms with Crippen LogP contribution in [0.1, 0.15) is 41.6 Å². The van der Waals surface area contributed by atoms with Gasteiger partial charge in [0.15, 0.2) is 0 Å². The predicted molar refractivity (Wildman–Crippen MR) is 124 cm³/mol. The molecule has 1 saturated heterocycles. The first kappa shape index (κ1) is 22.1. The van der Waals surface area contributed by atoms with Crippen molar-refractivity contribution in [1.29, 1.82) is 0 Å². The van der Waals surface area contributed by atoms with Crippen LogP contribution in [-0.2, 0) is 14.3 Å². The van der Waals surface area contributed by atoms with Gasteiger partial charge in [0, 0.05) is 18.0 Å². The molecule has 166 valence electrons. The van der Waals surface area contributed by atoms with Gasteiger partial charge in [-0.2, -0.15) is 0 Å². The van der Waals surface area contributed by atoms with Crippen molar-refractivity contribution in [2.75, 3.05) is 25.1 Å². The second kappa shape index (κ2) is 9.61. The van der Waals surface area contributed by atoms with E-state index in [1.807, 2.05) is 36.1 Å². The molecule has 0 saturated carbocycles. The molecule has 0 aromatic heterocycles. The first-order valence-electron chi connectivity index (χ1n) is 10.8. The minimum absolute atomic E-state index is 0.188. The molecule has 0 radical (unpaired) electrons. The molecule has 1 fully saturated rings. The summed E-state index contributed by atoms with van der Waals surface area (Å²) in [6, 6.07) is 14.5. The Morgan fingerprint density at radius 1 is 0.906 bits per heavy atom. The highest BCUT2D eigenvalue weighted by Gasteiger charge is 2.43. The number of para-hydroxylation sites is 1. The van der Waals surface area contributed by atoms with E-state index in [4.69, 9.17) is 4.74 Å². The third-order valence-electron chi connectivity index (χ3n) is 5.73. The summed E-state index contributed by atoms with van der Waals surface area (Å²) in [6.45, 7) is 3.48. The summed E-state index contributed by atoms with van der Waals surface area (Å²) < 4.78 is 4.88. The molecule has 4 rings (SSSR count). The highest BCUT2D eigenvalue weighted by atomic mass is 32.2. The zero-order valence-electron chi connectivity index (χ0n) is 18.3. The molecule has 7 heteroatoms.